The van der Waals surface area contributed by atoms with Gasteiger partial charge in [-0.3, -0.25) is 4.79 Å². The second-order valence-corrected chi connectivity index (χ2v) is 12.9. The number of halogens is 1. The van der Waals surface area contributed by atoms with Gasteiger partial charge in [0, 0.05) is 32.8 Å². The number of benzene rings is 3. The number of methoxy groups -OCH3 is 1. The van der Waals surface area contributed by atoms with Gasteiger partial charge in [0.1, 0.15) is 30.5 Å². The van der Waals surface area contributed by atoms with Crippen LogP contribution in [0, 0.1) is 19.8 Å². The van der Waals surface area contributed by atoms with Crippen LogP contribution in [0.2, 0.25) is 5.02 Å². The molecule has 0 spiro atoms. The van der Waals surface area contributed by atoms with E-state index in [4.69, 9.17) is 36.3 Å². The van der Waals surface area contributed by atoms with Gasteiger partial charge in [-0.2, -0.15) is 12.6 Å². The number of carbonyl (C=O) groups is 1. The highest BCUT2D eigenvalue weighted by Crippen LogP contribution is 2.32. The molecule has 1 amide bonds. The van der Waals surface area contributed by atoms with E-state index in [-0.39, 0.29) is 24.4 Å². The van der Waals surface area contributed by atoms with E-state index in [2.05, 4.69) is 30.8 Å². The fourth-order valence-electron chi connectivity index (χ4n) is 5.59. The zero-order valence-corrected chi connectivity index (χ0v) is 29.1. The molecule has 1 aliphatic rings. The van der Waals surface area contributed by atoms with Gasteiger partial charge in [0.25, 0.3) is 0 Å². The standard InChI is InChI=1S/C37H49ClN2O5S/c1-26-18-27(2)36(35(38)19-26)45-16-15-44-33-11-7-28(8-12-33)21-31(24-39)37(41)40(32-9-10-32)25-30-20-29(6-4-13-42-3)22-34(23-30)43-14-5-17-46/h7-8,11-12,18-20,22-23,31-32,46H,4-6,9-10,13-17,21,24-25,39H2,1-3H3. The Kier molecular flexibility index (Phi) is 14.4. The lowest BCUT2D eigenvalue weighted by Crippen LogP contribution is -2.41. The van der Waals surface area contributed by atoms with Crippen molar-refractivity contribution in [1.29, 1.82) is 0 Å². The minimum absolute atomic E-state index is 0.106. The van der Waals surface area contributed by atoms with Crippen molar-refractivity contribution in [2.75, 3.05) is 45.8 Å². The van der Waals surface area contributed by atoms with Crippen molar-refractivity contribution in [3.8, 4) is 17.2 Å². The smallest absolute Gasteiger partial charge is 0.227 e. The first-order chi connectivity index (χ1) is 22.3. The number of thiol groups is 1. The molecule has 1 unspecified atom stereocenters. The van der Waals surface area contributed by atoms with Gasteiger partial charge in [0.05, 0.1) is 17.5 Å². The molecule has 0 radical (unpaired) electrons. The highest BCUT2D eigenvalue weighted by Gasteiger charge is 2.35. The molecular weight excluding hydrogens is 620 g/mol. The quantitative estimate of drug-likeness (QED) is 0.0997. The largest absolute Gasteiger partial charge is 0.494 e. The lowest BCUT2D eigenvalue weighted by atomic mass is 9.97. The Morgan fingerprint density at radius 3 is 2.30 bits per heavy atom. The third-order valence-corrected chi connectivity index (χ3v) is 8.64. The van der Waals surface area contributed by atoms with Crippen LogP contribution in [-0.2, 0) is 28.9 Å². The number of carbonyl (C=O) groups excluding carboxylic acids is 1. The van der Waals surface area contributed by atoms with Crippen LogP contribution in [0.3, 0.4) is 0 Å². The summed E-state index contributed by atoms with van der Waals surface area (Å²) in [4.78, 5) is 16.0. The SMILES string of the molecule is COCCCc1cc(CN(C(=O)C(CN)Cc2ccc(OCCOc3c(C)cc(C)cc3Cl)cc2)C2CC2)cc(OCCCS)c1. The van der Waals surface area contributed by atoms with Gasteiger partial charge in [-0.25, -0.2) is 0 Å². The fourth-order valence-corrected chi connectivity index (χ4v) is 6.10. The predicted octanol–water partition coefficient (Wildman–Crippen LogP) is 7.00. The highest BCUT2D eigenvalue weighted by atomic mass is 35.5. The first-order valence-corrected chi connectivity index (χ1v) is 17.3. The minimum atomic E-state index is -0.306. The van der Waals surface area contributed by atoms with E-state index in [9.17, 15) is 4.79 Å². The summed E-state index contributed by atoms with van der Waals surface area (Å²) in [6, 6.07) is 18.4. The van der Waals surface area contributed by atoms with Crippen molar-refractivity contribution in [1.82, 2.24) is 4.90 Å². The topological polar surface area (TPSA) is 83.3 Å². The molecule has 0 aromatic heterocycles. The summed E-state index contributed by atoms with van der Waals surface area (Å²) in [5, 5.41) is 0.608. The molecule has 1 saturated carbocycles. The lowest BCUT2D eigenvalue weighted by Gasteiger charge is -2.27. The van der Waals surface area contributed by atoms with E-state index in [1.807, 2.05) is 55.1 Å². The summed E-state index contributed by atoms with van der Waals surface area (Å²) in [6.07, 6.45) is 5.31. The van der Waals surface area contributed by atoms with E-state index in [1.54, 1.807) is 7.11 Å². The maximum Gasteiger partial charge on any atom is 0.227 e. The average Bonchev–Trinajstić information content (AvgIpc) is 3.88. The number of hydrogen-bond donors (Lipinski definition) is 2. The van der Waals surface area contributed by atoms with Gasteiger partial charge in [-0.05, 0) is 116 Å². The number of aryl methyl sites for hydroxylation is 3. The zero-order chi connectivity index (χ0) is 32.9. The van der Waals surface area contributed by atoms with Crippen LogP contribution in [-0.4, -0.2) is 62.7 Å². The lowest BCUT2D eigenvalue weighted by molar-refractivity contribution is -0.136. The van der Waals surface area contributed by atoms with Crippen molar-refractivity contribution >= 4 is 30.1 Å². The number of hydrogen-bond acceptors (Lipinski definition) is 7. The molecule has 1 fully saturated rings. The maximum atomic E-state index is 13.9. The molecule has 1 atom stereocenters. The van der Waals surface area contributed by atoms with E-state index in [0.717, 1.165) is 71.6 Å². The third-order valence-electron chi connectivity index (χ3n) is 8.05. The molecule has 2 N–H and O–H groups in total. The van der Waals surface area contributed by atoms with Crippen LogP contribution in [0.25, 0.3) is 0 Å². The second-order valence-electron chi connectivity index (χ2n) is 12.1. The molecule has 4 rings (SSSR count). The van der Waals surface area contributed by atoms with Gasteiger partial charge in [0.2, 0.25) is 5.91 Å². The molecular formula is C37H49ClN2O5S. The van der Waals surface area contributed by atoms with Crippen molar-refractivity contribution < 1.29 is 23.7 Å². The molecule has 9 heteroatoms. The number of rotatable bonds is 20. The Bertz CT molecular complexity index is 1350. The van der Waals surface area contributed by atoms with Crippen LogP contribution < -0.4 is 19.9 Å². The number of nitrogens with two attached hydrogens (primary N) is 1. The monoisotopic (exact) mass is 668 g/mol. The summed E-state index contributed by atoms with van der Waals surface area (Å²) >= 11 is 10.7. The molecule has 0 bridgehead atoms. The Labute approximate surface area is 285 Å². The zero-order valence-electron chi connectivity index (χ0n) is 27.4. The molecule has 3 aromatic carbocycles. The Morgan fingerprint density at radius 2 is 1.63 bits per heavy atom. The Balaban J connectivity index is 1.35. The number of ether oxygens (including phenoxy) is 4. The van der Waals surface area contributed by atoms with Gasteiger partial charge in [-0.15, -0.1) is 0 Å². The van der Waals surface area contributed by atoms with Crippen LogP contribution in [0.4, 0.5) is 0 Å². The van der Waals surface area contributed by atoms with E-state index < -0.39 is 0 Å². The summed E-state index contributed by atoms with van der Waals surface area (Å²) in [7, 11) is 1.72. The first kappa shape index (κ1) is 35.9. The first-order valence-electron chi connectivity index (χ1n) is 16.3. The van der Waals surface area contributed by atoms with Gasteiger partial charge in [0.15, 0.2) is 0 Å². The van der Waals surface area contributed by atoms with Crippen LogP contribution >= 0.6 is 24.2 Å². The summed E-state index contributed by atoms with van der Waals surface area (Å²) in [6.45, 7) is 6.91. The third kappa shape index (κ3) is 11.1. The highest BCUT2D eigenvalue weighted by molar-refractivity contribution is 7.80. The van der Waals surface area contributed by atoms with Crippen molar-refractivity contribution in [2.45, 2.75) is 65.0 Å². The molecule has 46 heavy (non-hydrogen) atoms. The number of amides is 1. The van der Waals surface area contributed by atoms with E-state index >= 15 is 0 Å². The number of nitrogens with zero attached hydrogens (tertiary/aromatic N) is 1. The van der Waals surface area contributed by atoms with E-state index in [0.29, 0.717) is 50.2 Å². The van der Waals surface area contributed by atoms with Crippen molar-refractivity contribution in [3.63, 3.8) is 0 Å². The Hall–Kier alpha value is -2.91. The van der Waals surface area contributed by atoms with Crippen molar-refractivity contribution in [2.24, 2.45) is 11.7 Å². The summed E-state index contributed by atoms with van der Waals surface area (Å²) < 4.78 is 23.1. The van der Waals surface area contributed by atoms with Crippen LogP contribution in [0.1, 0.15) is 53.5 Å². The molecule has 0 aliphatic heterocycles. The van der Waals surface area contributed by atoms with E-state index in [1.165, 1.54) is 5.56 Å². The summed E-state index contributed by atoms with van der Waals surface area (Å²) in [5.74, 6) is 2.85. The van der Waals surface area contributed by atoms with Gasteiger partial charge in [-0.1, -0.05) is 35.9 Å². The van der Waals surface area contributed by atoms with Crippen molar-refractivity contribution in [3.05, 3.63) is 87.4 Å². The molecule has 250 valence electrons. The maximum absolute atomic E-state index is 13.9. The Morgan fingerprint density at radius 1 is 0.913 bits per heavy atom. The minimum Gasteiger partial charge on any atom is -0.494 e. The fraction of sp³-hybridized carbons (Fsp3) is 0.486. The predicted molar refractivity (Wildman–Crippen MR) is 189 cm³/mol. The van der Waals surface area contributed by atoms with Gasteiger partial charge < -0.3 is 29.6 Å². The molecule has 0 saturated heterocycles. The summed E-state index contributed by atoms with van der Waals surface area (Å²) in [5.41, 5.74) is 11.6. The second kappa shape index (κ2) is 18.4. The molecule has 1 aliphatic carbocycles. The molecule has 0 heterocycles. The average molecular weight is 669 g/mol. The van der Waals surface area contributed by atoms with Crippen LogP contribution in [0.15, 0.2) is 54.6 Å². The normalized spacial score (nSPS) is 13.3. The molecule has 7 nitrogen and oxygen atoms in total. The molecule has 3 aromatic rings. The van der Waals surface area contributed by atoms with Crippen LogP contribution in [0.5, 0.6) is 17.2 Å². The van der Waals surface area contributed by atoms with Gasteiger partial charge >= 0.3 is 0 Å².